The monoisotopic (exact) mass is 426 g/mol. The molecule has 0 aliphatic carbocycles. The van der Waals surface area contributed by atoms with E-state index in [1.165, 1.54) is 29.4 Å². The third-order valence-corrected chi connectivity index (χ3v) is 5.76. The van der Waals surface area contributed by atoms with E-state index in [0.29, 0.717) is 23.7 Å². The van der Waals surface area contributed by atoms with Crippen molar-refractivity contribution in [3.05, 3.63) is 66.8 Å². The van der Waals surface area contributed by atoms with Gasteiger partial charge in [0.2, 0.25) is 15.9 Å². The molecule has 0 spiro atoms. The Morgan fingerprint density at radius 2 is 2.00 bits per heavy atom. The van der Waals surface area contributed by atoms with Gasteiger partial charge in [0, 0.05) is 18.5 Å². The number of sulfonamides is 1. The third kappa shape index (κ3) is 4.36. The van der Waals surface area contributed by atoms with Crippen LogP contribution in [0, 0.1) is 0 Å². The predicted molar refractivity (Wildman–Crippen MR) is 107 cm³/mol. The zero-order chi connectivity index (χ0) is 21.0. The molecule has 0 saturated carbocycles. The molecule has 4 aromatic rings. The highest BCUT2D eigenvalue weighted by molar-refractivity contribution is 7.89. The summed E-state index contributed by atoms with van der Waals surface area (Å²) in [5.41, 5.74) is 2.00. The Bertz CT molecular complexity index is 1220. The topological polar surface area (TPSA) is 125 Å². The maximum absolute atomic E-state index is 12.6. The van der Waals surface area contributed by atoms with E-state index >= 15 is 0 Å². The predicted octanol–water partition coefficient (Wildman–Crippen LogP) is 1.85. The van der Waals surface area contributed by atoms with Gasteiger partial charge in [-0.25, -0.2) is 22.8 Å². The minimum atomic E-state index is -3.70. The van der Waals surface area contributed by atoms with Crippen LogP contribution in [-0.4, -0.2) is 47.3 Å². The molecule has 0 radical (unpaired) electrons. The van der Waals surface area contributed by atoms with Gasteiger partial charge in [0.25, 0.3) is 0 Å². The molecule has 11 heteroatoms. The first-order valence-electron chi connectivity index (χ1n) is 8.97. The lowest BCUT2D eigenvalue weighted by molar-refractivity contribution is 0.415. The highest BCUT2D eigenvalue weighted by atomic mass is 32.2. The summed E-state index contributed by atoms with van der Waals surface area (Å²) in [6.45, 7) is 0.173. The van der Waals surface area contributed by atoms with Crippen LogP contribution in [-0.2, 0) is 16.4 Å². The lowest BCUT2D eigenvalue weighted by Gasteiger charge is -2.07. The van der Waals surface area contributed by atoms with Crippen molar-refractivity contribution in [3.8, 4) is 22.9 Å². The summed E-state index contributed by atoms with van der Waals surface area (Å²) in [5.74, 6) is 1.20. The standard InChI is InChI=1S/C19H18N6O4S/c1-28-17-7-5-14(6-8-17)19-22-15(12-29-19)9-10-21-30(26,27)18-4-2-3-16(11-18)25-13-20-23-24-25/h2-8,11-13,21H,9-10H2,1H3. The fourth-order valence-corrected chi connectivity index (χ4v) is 3.83. The van der Waals surface area contributed by atoms with Gasteiger partial charge in [0.15, 0.2) is 0 Å². The zero-order valence-corrected chi connectivity index (χ0v) is 16.8. The Morgan fingerprint density at radius 1 is 1.17 bits per heavy atom. The smallest absolute Gasteiger partial charge is 0.240 e. The largest absolute Gasteiger partial charge is 0.497 e. The number of rotatable bonds is 8. The average molecular weight is 426 g/mol. The summed E-state index contributed by atoms with van der Waals surface area (Å²) in [6.07, 6.45) is 3.29. The minimum absolute atomic E-state index is 0.120. The molecular formula is C19H18N6O4S. The van der Waals surface area contributed by atoms with Gasteiger partial charge in [-0.1, -0.05) is 6.07 Å². The van der Waals surface area contributed by atoms with Crippen LogP contribution in [0.25, 0.3) is 17.1 Å². The molecule has 2 aromatic carbocycles. The summed E-state index contributed by atoms with van der Waals surface area (Å²) in [6, 6.07) is 13.7. The van der Waals surface area contributed by atoms with Crippen LogP contribution in [0.3, 0.4) is 0 Å². The van der Waals surface area contributed by atoms with E-state index < -0.39 is 10.0 Å². The van der Waals surface area contributed by atoms with Crippen molar-refractivity contribution in [2.24, 2.45) is 0 Å². The summed E-state index contributed by atoms with van der Waals surface area (Å²) in [7, 11) is -2.10. The van der Waals surface area contributed by atoms with E-state index in [0.717, 1.165) is 11.3 Å². The van der Waals surface area contributed by atoms with E-state index in [4.69, 9.17) is 9.15 Å². The lowest BCUT2D eigenvalue weighted by atomic mass is 10.2. The molecule has 30 heavy (non-hydrogen) atoms. The molecule has 2 heterocycles. The zero-order valence-electron chi connectivity index (χ0n) is 16.0. The SMILES string of the molecule is COc1ccc(-c2nc(CCNS(=O)(=O)c3cccc(-n4cnnn4)c3)co2)cc1. The minimum Gasteiger partial charge on any atom is -0.497 e. The average Bonchev–Trinajstić information content (AvgIpc) is 3.46. The second kappa shape index (κ2) is 8.43. The third-order valence-electron chi connectivity index (χ3n) is 4.30. The highest BCUT2D eigenvalue weighted by Gasteiger charge is 2.15. The first-order valence-corrected chi connectivity index (χ1v) is 10.5. The summed E-state index contributed by atoms with van der Waals surface area (Å²) in [4.78, 5) is 4.53. The van der Waals surface area contributed by atoms with Crippen molar-refractivity contribution in [1.29, 1.82) is 0 Å². The van der Waals surface area contributed by atoms with E-state index in [1.807, 2.05) is 24.3 Å². The van der Waals surface area contributed by atoms with Crippen molar-refractivity contribution in [1.82, 2.24) is 29.9 Å². The number of tetrazole rings is 1. The van der Waals surface area contributed by atoms with Gasteiger partial charge < -0.3 is 9.15 Å². The second-order valence-corrected chi connectivity index (χ2v) is 8.04. The van der Waals surface area contributed by atoms with Crippen molar-refractivity contribution in [2.45, 2.75) is 11.3 Å². The van der Waals surface area contributed by atoms with Gasteiger partial charge in [0.1, 0.15) is 18.3 Å². The molecule has 1 N–H and O–H groups in total. The molecule has 10 nitrogen and oxygen atoms in total. The van der Waals surface area contributed by atoms with Gasteiger partial charge in [-0.2, -0.15) is 0 Å². The molecule has 0 aliphatic heterocycles. The first kappa shape index (κ1) is 19.7. The van der Waals surface area contributed by atoms with Crippen LogP contribution in [0.5, 0.6) is 5.75 Å². The van der Waals surface area contributed by atoms with E-state index in [-0.39, 0.29) is 11.4 Å². The normalized spacial score (nSPS) is 11.5. The molecule has 0 unspecified atom stereocenters. The molecule has 0 bridgehead atoms. The number of benzene rings is 2. The molecule has 2 aromatic heterocycles. The number of aromatic nitrogens is 5. The van der Waals surface area contributed by atoms with E-state index in [2.05, 4.69) is 25.2 Å². The van der Waals surface area contributed by atoms with Crippen LogP contribution < -0.4 is 9.46 Å². The first-order chi connectivity index (χ1) is 14.5. The molecule has 0 amide bonds. The van der Waals surface area contributed by atoms with Crippen LogP contribution in [0.2, 0.25) is 0 Å². The number of hydrogen-bond donors (Lipinski definition) is 1. The summed E-state index contributed by atoms with van der Waals surface area (Å²) in [5, 5.41) is 10.9. The van der Waals surface area contributed by atoms with Gasteiger partial charge in [-0.3, -0.25) is 0 Å². The van der Waals surface area contributed by atoms with E-state index in [1.54, 1.807) is 19.2 Å². The Morgan fingerprint density at radius 3 is 2.73 bits per heavy atom. The number of ether oxygens (including phenoxy) is 1. The molecular weight excluding hydrogens is 408 g/mol. The highest BCUT2D eigenvalue weighted by Crippen LogP contribution is 2.22. The van der Waals surface area contributed by atoms with Crippen LogP contribution in [0.15, 0.2) is 70.4 Å². The summed E-state index contributed by atoms with van der Waals surface area (Å²) >= 11 is 0. The molecule has 0 atom stereocenters. The van der Waals surface area contributed by atoms with Crippen molar-refractivity contribution in [3.63, 3.8) is 0 Å². The number of nitrogens with zero attached hydrogens (tertiary/aromatic N) is 5. The van der Waals surface area contributed by atoms with Crippen molar-refractivity contribution in [2.75, 3.05) is 13.7 Å². The fourth-order valence-electron chi connectivity index (χ4n) is 2.76. The Hall–Kier alpha value is -3.57. The Labute approximate surface area is 172 Å². The summed E-state index contributed by atoms with van der Waals surface area (Å²) < 4.78 is 39.8. The Kier molecular flexibility index (Phi) is 5.55. The molecule has 4 rings (SSSR count). The number of methoxy groups -OCH3 is 1. The maximum atomic E-state index is 12.6. The molecule has 0 fully saturated rings. The van der Waals surface area contributed by atoms with Gasteiger partial charge >= 0.3 is 0 Å². The van der Waals surface area contributed by atoms with Gasteiger partial charge in [-0.15, -0.1) is 5.10 Å². The van der Waals surface area contributed by atoms with Crippen molar-refractivity contribution >= 4 is 10.0 Å². The van der Waals surface area contributed by atoms with E-state index in [9.17, 15) is 8.42 Å². The maximum Gasteiger partial charge on any atom is 0.240 e. The molecule has 154 valence electrons. The quantitative estimate of drug-likeness (QED) is 0.452. The lowest BCUT2D eigenvalue weighted by Crippen LogP contribution is -2.26. The second-order valence-electron chi connectivity index (χ2n) is 6.27. The van der Waals surface area contributed by atoms with Crippen LogP contribution in [0.1, 0.15) is 5.69 Å². The number of nitrogens with one attached hydrogen (secondary N) is 1. The van der Waals surface area contributed by atoms with Crippen molar-refractivity contribution < 1.29 is 17.6 Å². The molecule has 0 saturated heterocycles. The molecule has 0 aliphatic rings. The van der Waals surface area contributed by atoms with Gasteiger partial charge in [0.05, 0.1) is 23.4 Å². The number of hydrogen-bond acceptors (Lipinski definition) is 8. The van der Waals surface area contributed by atoms with Crippen LogP contribution >= 0.6 is 0 Å². The fraction of sp³-hybridized carbons (Fsp3) is 0.158. The Balaban J connectivity index is 1.39. The van der Waals surface area contributed by atoms with Gasteiger partial charge in [-0.05, 0) is 52.9 Å². The number of oxazole rings is 1. The van der Waals surface area contributed by atoms with Crippen LogP contribution in [0.4, 0.5) is 0 Å².